The summed E-state index contributed by atoms with van der Waals surface area (Å²) in [7, 11) is 0. The molecule has 3 heteroatoms. The van der Waals surface area contributed by atoms with Crippen LogP contribution in [0.15, 0.2) is 18.2 Å². The fourth-order valence-corrected chi connectivity index (χ4v) is 1.67. The molecule has 0 fully saturated rings. The molecule has 0 spiro atoms. The third-order valence-electron chi connectivity index (χ3n) is 0.904. The predicted molar refractivity (Wildman–Crippen MR) is 56.9 cm³/mol. The van der Waals surface area contributed by atoms with Crippen molar-refractivity contribution in [3.63, 3.8) is 0 Å². The van der Waals surface area contributed by atoms with E-state index in [0.717, 1.165) is 8.59 Å². The molecule has 0 bridgehead atoms. The minimum absolute atomic E-state index is 0.836. The Morgan fingerprint density at radius 3 is 2.33 bits per heavy atom. The van der Waals surface area contributed by atoms with Crippen molar-refractivity contribution in [1.82, 2.24) is 0 Å². The smallest absolute Gasteiger partial charge is 0.0550 e. The predicted octanol–water partition coefficient (Wildman–Crippen LogP) is 3.55. The summed E-state index contributed by atoms with van der Waals surface area (Å²) in [5.41, 5.74) is 0. The monoisotopic (exact) mass is 364 g/mol. The average Bonchev–Trinajstić information content (AvgIpc) is 1.83. The Balaban J connectivity index is 3.25. The minimum Gasteiger partial charge on any atom is -0.0831 e. The zero-order valence-corrected chi connectivity index (χ0v) is 9.44. The van der Waals surface area contributed by atoms with Crippen molar-refractivity contribution in [1.29, 1.82) is 0 Å². The number of hydrogen-bond donors (Lipinski definition) is 0. The Bertz CT molecular complexity index is 202. The lowest BCUT2D eigenvalue weighted by Gasteiger charge is -1.95. The van der Waals surface area contributed by atoms with Crippen LogP contribution in [0.5, 0.6) is 0 Å². The molecule has 9 heavy (non-hydrogen) atoms. The summed E-state index contributed by atoms with van der Waals surface area (Å²) in [5.74, 6) is 0. The Morgan fingerprint density at radius 1 is 1.22 bits per heavy atom. The maximum Gasteiger partial charge on any atom is 0.0550 e. The van der Waals surface area contributed by atoms with Gasteiger partial charge in [-0.1, -0.05) is 17.7 Å². The van der Waals surface area contributed by atoms with Gasteiger partial charge in [0.2, 0.25) is 0 Å². The molecule has 0 nitrogen and oxygen atoms in total. The van der Waals surface area contributed by atoms with Crippen LogP contribution < -0.4 is 0 Å². The molecule has 48 valence electrons. The zero-order chi connectivity index (χ0) is 6.85. The summed E-state index contributed by atoms with van der Waals surface area (Å²) in [6, 6.07) is 5.88. The van der Waals surface area contributed by atoms with Crippen LogP contribution in [0.4, 0.5) is 0 Å². The third kappa shape index (κ3) is 1.94. The van der Waals surface area contributed by atoms with Crippen LogP contribution in [0.3, 0.4) is 0 Å². The quantitative estimate of drug-likeness (QED) is 0.488. The summed E-state index contributed by atoms with van der Waals surface area (Å²) in [4.78, 5) is 0. The molecule has 0 radical (unpaired) electrons. The topological polar surface area (TPSA) is 0 Å². The first kappa shape index (κ1) is 8.07. The van der Waals surface area contributed by atoms with E-state index >= 15 is 0 Å². The van der Waals surface area contributed by atoms with Gasteiger partial charge in [-0.2, -0.15) is 0 Å². The molecule has 0 saturated carbocycles. The highest BCUT2D eigenvalue weighted by Crippen LogP contribution is 2.22. The van der Waals surface area contributed by atoms with E-state index in [9.17, 15) is 0 Å². The van der Waals surface area contributed by atoms with Gasteiger partial charge >= 0.3 is 0 Å². The van der Waals surface area contributed by atoms with Crippen LogP contribution in [0.2, 0.25) is 5.02 Å². The van der Waals surface area contributed by atoms with Gasteiger partial charge in [0.15, 0.2) is 0 Å². The highest BCUT2D eigenvalue weighted by Gasteiger charge is 1.97. The van der Waals surface area contributed by atoms with Crippen LogP contribution in [0.1, 0.15) is 0 Å². The molecule has 0 aliphatic heterocycles. The SMILES string of the molecule is Clc1cccc(I)c1I. The molecule has 0 aliphatic rings. The molecular formula is C6H3ClI2. The normalized spacial score (nSPS) is 9.67. The Morgan fingerprint density at radius 2 is 1.89 bits per heavy atom. The fourth-order valence-electron chi connectivity index (χ4n) is 0.477. The maximum atomic E-state index is 5.80. The highest BCUT2D eigenvalue weighted by atomic mass is 127. The highest BCUT2D eigenvalue weighted by molar-refractivity contribution is 14.1. The maximum absolute atomic E-state index is 5.80. The van der Waals surface area contributed by atoms with Gasteiger partial charge in [-0.15, -0.1) is 0 Å². The average molecular weight is 364 g/mol. The summed E-state index contributed by atoms with van der Waals surface area (Å²) >= 11 is 10.3. The van der Waals surface area contributed by atoms with E-state index in [0.29, 0.717) is 0 Å². The molecule has 0 heterocycles. The molecule has 0 aliphatic carbocycles. The van der Waals surface area contributed by atoms with E-state index in [2.05, 4.69) is 45.2 Å². The molecule has 0 unspecified atom stereocenters. The first-order valence-corrected chi connectivity index (χ1v) is 4.85. The summed E-state index contributed by atoms with van der Waals surface area (Å²) in [6.07, 6.45) is 0. The van der Waals surface area contributed by atoms with Crippen LogP contribution in [0, 0.1) is 7.14 Å². The van der Waals surface area contributed by atoms with Crippen LogP contribution in [0.25, 0.3) is 0 Å². The number of hydrogen-bond acceptors (Lipinski definition) is 0. The Hall–Kier alpha value is 0.970. The van der Waals surface area contributed by atoms with E-state index in [1.807, 2.05) is 18.2 Å². The first-order chi connectivity index (χ1) is 4.22. The van der Waals surface area contributed by atoms with Gasteiger partial charge in [-0.05, 0) is 57.3 Å². The summed E-state index contributed by atoms with van der Waals surface area (Å²) in [5, 5.41) is 0.836. The van der Waals surface area contributed by atoms with Gasteiger partial charge in [0.25, 0.3) is 0 Å². The number of rotatable bonds is 0. The van der Waals surface area contributed by atoms with Crippen molar-refractivity contribution in [2.45, 2.75) is 0 Å². The standard InChI is InChI=1S/C6H3ClI2/c7-4-2-1-3-5(8)6(4)9/h1-3H. The molecule has 0 saturated heterocycles. The molecule has 1 aromatic rings. The molecule has 0 amide bonds. The van der Waals surface area contributed by atoms with Crippen LogP contribution >= 0.6 is 56.8 Å². The largest absolute Gasteiger partial charge is 0.0831 e. The molecule has 0 aromatic heterocycles. The second-order valence-corrected chi connectivity index (χ2v) is 4.18. The summed E-state index contributed by atoms with van der Waals surface area (Å²) < 4.78 is 2.35. The fraction of sp³-hybridized carbons (Fsp3) is 0. The number of benzene rings is 1. The van der Waals surface area contributed by atoms with Gasteiger partial charge in [-0.3, -0.25) is 0 Å². The second kappa shape index (κ2) is 3.39. The van der Waals surface area contributed by atoms with E-state index in [-0.39, 0.29) is 0 Å². The van der Waals surface area contributed by atoms with Crippen molar-refractivity contribution >= 4 is 56.8 Å². The van der Waals surface area contributed by atoms with Crippen molar-refractivity contribution in [2.75, 3.05) is 0 Å². The van der Waals surface area contributed by atoms with Gasteiger partial charge in [-0.25, -0.2) is 0 Å². The Kier molecular flexibility index (Phi) is 3.04. The van der Waals surface area contributed by atoms with Crippen molar-refractivity contribution < 1.29 is 0 Å². The lowest BCUT2D eigenvalue weighted by Crippen LogP contribution is -1.77. The van der Waals surface area contributed by atoms with E-state index < -0.39 is 0 Å². The van der Waals surface area contributed by atoms with Gasteiger partial charge < -0.3 is 0 Å². The minimum atomic E-state index is 0.836. The molecule has 0 N–H and O–H groups in total. The molecule has 1 aromatic carbocycles. The van der Waals surface area contributed by atoms with E-state index in [4.69, 9.17) is 11.6 Å². The Labute approximate surface area is 86.3 Å². The van der Waals surface area contributed by atoms with Gasteiger partial charge in [0.1, 0.15) is 0 Å². The van der Waals surface area contributed by atoms with Crippen molar-refractivity contribution in [3.8, 4) is 0 Å². The first-order valence-electron chi connectivity index (χ1n) is 2.31. The van der Waals surface area contributed by atoms with Crippen LogP contribution in [-0.2, 0) is 0 Å². The van der Waals surface area contributed by atoms with E-state index in [1.54, 1.807) is 0 Å². The van der Waals surface area contributed by atoms with Gasteiger partial charge in [0.05, 0.1) is 5.02 Å². The van der Waals surface area contributed by atoms with Crippen molar-refractivity contribution in [2.24, 2.45) is 0 Å². The molecular weight excluding hydrogens is 361 g/mol. The zero-order valence-electron chi connectivity index (χ0n) is 4.37. The van der Waals surface area contributed by atoms with Crippen LogP contribution in [-0.4, -0.2) is 0 Å². The third-order valence-corrected chi connectivity index (χ3v) is 4.63. The van der Waals surface area contributed by atoms with Crippen molar-refractivity contribution in [3.05, 3.63) is 30.4 Å². The lowest BCUT2D eigenvalue weighted by molar-refractivity contribution is 1.58. The molecule has 0 atom stereocenters. The summed E-state index contributed by atoms with van der Waals surface area (Å²) in [6.45, 7) is 0. The van der Waals surface area contributed by atoms with Gasteiger partial charge in [0, 0.05) is 7.14 Å². The second-order valence-electron chi connectivity index (χ2n) is 1.54. The molecule has 1 rings (SSSR count). The lowest BCUT2D eigenvalue weighted by atomic mass is 10.4. The number of halogens is 3. The van der Waals surface area contributed by atoms with E-state index in [1.165, 1.54) is 3.57 Å².